The lowest BCUT2D eigenvalue weighted by Crippen LogP contribution is -2.20. The van der Waals surface area contributed by atoms with Crippen LogP contribution in [0.15, 0.2) is 24.3 Å². The second kappa shape index (κ2) is 4.54. The van der Waals surface area contributed by atoms with Gasteiger partial charge in [0.1, 0.15) is 0 Å². The summed E-state index contributed by atoms with van der Waals surface area (Å²) in [6, 6.07) is 0. The first kappa shape index (κ1) is 11.2. The minimum absolute atomic E-state index is 0.197. The Morgan fingerprint density at radius 2 is 2.13 bits per heavy atom. The highest BCUT2D eigenvalue weighted by atomic mass is 16.5. The van der Waals surface area contributed by atoms with Gasteiger partial charge in [-0.2, -0.15) is 0 Å². The quantitative estimate of drug-likeness (QED) is 0.415. The summed E-state index contributed by atoms with van der Waals surface area (Å²) in [6.07, 6.45) is 1.18. The average molecular weight is 210 g/mol. The molecule has 1 N–H and O–H groups in total. The van der Waals surface area contributed by atoms with Crippen molar-refractivity contribution in [3.63, 3.8) is 0 Å². The first-order valence-corrected chi connectivity index (χ1v) is 4.30. The Labute approximate surface area is 86.0 Å². The molecule has 0 aromatic carbocycles. The summed E-state index contributed by atoms with van der Waals surface area (Å²) >= 11 is 0. The predicted molar refractivity (Wildman–Crippen MR) is 50.0 cm³/mol. The van der Waals surface area contributed by atoms with Gasteiger partial charge >= 0.3 is 11.9 Å². The Hall–Kier alpha value is -1.91. The summed E-state index contributed by atoms with van der Waals surface area (Å²) in [6.45, 7) is 3.61. The third-order valence-corrected chi connectivity index (χ3v) is 1.88. The van der Waals surface area contributed by atoms with E-state index in [1.165, 1.54) is 0 Å². The summed E-state index contributed by atoms with van der Waals surface area (Å²) in [4.78, 5) is 32.3. The van der Waals surface area contributed by atoms with Crippen molar-refractivity contribution in [3.8, 4) is 0 Å². The molecule has 0 aliphatic heterocycles. The zero-order chi connectivity index (χ0) is 11.4. The normalized spacial score (nSPS) is 20.9. The highest BCUT2D eigenvalue weighted by Crippen LogP contribution is 2.22. The van der Waals surface area contributed by atoms with Crippen LogP contribution < -0.4 is 0 Å². The standard InChI is InChI=1S/C10H10O5/c1-6-4-7(11)8(5-6)15-10(14)3-2-9(12)13/h2-3,8H,1,4-5H2,(H,12,13)/b3-2+. The topological polar surface area (TPSA) is 80.7 Å². The van der Waals surface area contributed by atoms with E-state index in [0.29, 0.717) is 12.5 Å². The van der Waals surface area contributed by atoms with E-state index in [9.17, 15) is 14.4 Å². The predicted octanol–water partition coefficient (Wildman–Crippen LogP) is 0.458. The number of hydrogen-bond donors (Lipinski definition) is 1. The van der Waals surface area contributed by atoms with E-state index in [-0.39, 0.29) is 12.2 Å². The lowest BCUT2D eigenvalue weighted by molar-refractivity contribution is -0.148. The number of ketones is 1. The monoisotopic (exact) mass is 210 g/mol. The summed E-state index contributed by atoms with van der Waals surface area (Å²) in [7, 11) is 0. The molecule has 0 bridgehead atoms. The molecule has 1 rings (SSSR count). The molecule has 0 heterocycles. The van der Waals surface area contributed by atoms with Crippen LogP contribution in [0, 0.1) is 0 Å². The van der Waals surface area contributed by atoms with Crippen LogP contribution in [0.4, 0.5) is 0 Å². The number of rotatable bonds is 3. The molecule has 0 radical (unpaired) electrons. The van der Waals surface area contributed by atoms with Gasteiger partial charge in [-0.15, -0.1) is 0 Å². The van der Waals surface area contributed by atoms with Crippen molar-refractivity contribution >= 4 is 17.7 Å². The number of carboxylic acids is 1. The average Bonchev–Trinajstić information content (AvgIpc) is 2.42. The van der Waals surface area contributed by atoms with Crippen LogP contribution in [0.25, 0.3) is 0 Å². The van der Waals surface area contributed by atoms with Gasteiger partial charge in [0.25, 0.3) is 0 Å². The molecule has 5 nitrogen and oxygen atoms in total. The first-order valence-electron chi connectivity index (χ1n) is 4.30. The van der Waals surface area contributed by atoms with Gasteiger partial charge in [0.15, 0.2) is 11.9 Å². The summed E-state index contributed by atoms with van der Waals surface area (Å²) in [5.74, 6) is -2.27. The molecule has 0 saturated heterocycles. The van der Waals surface area contributed by atoms with Gasteiger partial charge in [-0.05, 0) is 0 Å². The van der Waals surface area contributed by atoms with E-state index >= 15 is 0 Å². The number of Topliss-reactive ketones (excluding diaryl/α,β-unsaturated/α-hetero) is 1. The molecule has 1 unspecified atom stereocenters. The molecule has 1 aliphatic carbocycles. The van der Waals surface area contributed by atoms with Gasteiger partial charge < -0.3 is 9.84 Å². The molecule has 0 aromatic rings. The fraction of sp³-hybridized carbons (Fsp3) is 0.300. The highest BCUT2D eigenvalue weighted by Gasteiger charge is 2.29. The van der Waals surface area contributed by atoms with Crippen LogP contribution in [0.3, 0.4) is 0 Å². The van der Waals surface area contributed by atoms with Gasteiger partial charge in [-0.1, -0.05) is 12.2 Å². The fourth-order valence-corrected chi connectivity index (χ4v) is 1.23. The number of hydrogen-bond acceptors (Lipinski definition) is 4. The van der Waals surface area contributed by atoms with Crippen molar-refractivity contribution in [1.82, 2.24) is 0 Å². The summed E-state index contributed by atoms with van der Waals surface area (Å²) in [5, 5.41) is 8.24. The number of ether oxygens (including phenoxy) is 1. The molecule has 80 valence electrons. The van der Waals surface area contributed by atoms with E-state index in [1.807, 2.05) is 0 Å². The maximum absolute atomic E-state index is 11.2. The van der Waals surface area contributed by atoms with Gasteiger partial charge in [-0.25, -0.2) is 9.59 Å². The number of carboxylic acid groups (broad SMARTS) is 1. The van der Waals surface area contributed by atoms with E-state index in [4.69, 9.17) is 9.84 Å². The molecule has 1 fully saturated rings. The first-order chi connectivity index (χ1) is 6.99. The van der Waals surface area contributed by atoms with Crippen molar-refractivity contribution in [2.75, 3.05) is 0 Å². The number of esters is 1. The van der Waals surface area contributed by atoms with Gasteiger partial charge in [0.05, 0.1) is 0 Å². The molecule has 0 spiro atoms. The van der Waals surface area contributed by atoms with Gasteiger partial charge in [0.2, 0.25) is 0 Å². The van der Waals surface area contributed by atoms with Crippen LogP contribution in [-0.4, -0.2) is 28.9 Å². The molecule has 0 aromatic heterocycles. The van der Waals surface area contributed by atoms with Crippen molar-refractivity contribution in [2.45, 2.75) is 18.9 Å². The maximum Gasteiger partial charge on any atom is 0.331 e. The fourth-order valence-electron chi connectivity index (χ4n) is 1.23. The number of carbonyl (C=O) groups excluding carboxylic acids is 2. The highest BCUT2D eigenvalue weighted by molar-refractivity contribution is 5.94. The Kier molecular flexibility index (Phi) is 3.38. The van der Waals surface area contributed by atoms with E-state index < -0.39 is 18.0 Å². The lowest BCUT2D eigenvalue weighted by atomic mass is 10.3. The number of aliphatic carboxylic acids is 1. The maximum atomic E-state index is 11.2. The third-order valence-electron chi connectivity index (χ3n) is 1.88. The van der Waals surface area contributed by atoms with Crippen molar-refractivity contribution in [1.29, 1.82) is 0 Å². The molecule has 1 aliphatic rings. The molecular formula is C10H10O5. The largest absolute Gasteiger partial charge is 0.478 e. The molecule has 5 heteroatoms. The van der Waals surface area contributed by atoms with Gasteiger partial charge in [0, 0.05) is 25.0 Å². The van der Waals surface area contributed by atoms with Crippen molar-refractivity contribution in [2.24, 2.45) is 0 Å². The van der Waals surface area contributed by atoms with E-state index in [1.54, 1.807) is 0 Å². The SMILES string of the molecule is C=C1CC(=O)C(OC(=O)/C=C/C(=O)O)C1. The zero-order valence-electron chi connectivity index (χ0n) is 7.93. The van der Waals surface area contributed by atoms with E-state index in [2.05, 4.69) is 6.58 Å². The lowest BCUT2D eigenvalue weighted by Gasteiger charge is -2.06. The van der Waals surface area contributed by atoms with E-state index in [0.717, 1.165) is 11.6 Å². The van der Waals surface area contributed by atoms with Crippen LogP contribution in [0.1, 0.15) is 12.8 Å². The molecular weight excluding hydrogens is 200 g/mol. The van der Waals surface area contributed by atoms with Crippen molar-refractivity contribution < 1.29 is 24.2 Å². The smallest absolute Gasteiger partial charge is 0.331 e. The minimum Gasteiger partial charge on any atom is -0.478 e. The Morgan fingerprint density at radius 1 is 1.47 bits per heavy atom. The Balaban J connectivity index is 2.48. The molecule has 1 atom stereocenters. The second-order valence-corrected chi connectivity index (χ2v) is 3.19. The summed E-state index contributed by atoms with van der Waals surface area (Å²) in [5.41, 5.74) is 0.722. The van der Waals surface area contributed by atoms with Crippen LogP contribution >= 0.6 is 0 Å². The van der Waals surface area contributed by atoms with Crippen LogP contribution in [-0.2, 0) is 19.1 Å². The van der Waals surface area contributed by atoms with Gasteiger partial charge in [-0.3, -0.25) is 4.79 Å². The van der Waals surface area contributed by atoms with Crippen LogP contribution in [0.5, 0.6) is 0 Å². The second-order valence-electron chi connectivity index (χ2n) is 3.19. The molecule has 15 heavy (non-hydrogen) atoms. The van der Waals surface area contributed by atoms with Crippen molar-refractivity contribution in [3.05, 3.63) is 24.3 Å². The Bertz CT molecular complexity index is 353. The third kappa shape index (κ3) is 3.38. The zero-order valence-corrected chi connectivity index (χ0v) is 7.93. The minimum atomic E-state index is -1.24. The number of carbonyl (C=O) groups is 3. The molecule has 1 saturated carbocycles. The summed E-state index contributed by atoms with van der Waals surface area (Å²) < 4.78 is 4.74. The molecule has 0 amide bonds. The Morgan fingerprint density at radius 3 is 2.60 bits per heavy atom. The van der Waals surface area contributed by atoms with Crippen LogP contribution in [0.2, 0.25) is 0 Å².